The van der Waals surface area contributed by atoms with Crippen molar-refractivity contribution in [2.45, 2.75) is 13.0 Å². The van der Waals surface area contributed by atoms with Crippen molar-refractivity contribution in [3.63, 3.8) is 0 Å². The van der Waals surface area contributed by atoms with E-state index in [9.17, 15) is 4.79 Å². The lowest BCUT2D eigenvalue weighted by Crippen LogP contribution is -2.27. The van der Waals surface area contributed by atoms with Crippen LogP contribution in [0.2, 0.25) is 0 Å². The van der Waals surface area contributed by atoms with Crippen LogP contribution in [0.4, 0.5) is 0 Å². The number of benzene rings is 1. The van der Waals surface area contributed by atoms with Crippen molar-refractivity contribution in [1.29, 1.82) is 0 Å². The van der Waals surface area contributed by atoms with E-state index in [0.717, 1.165) is 11.1 Å². The lowest BCUT2D eigenvalue weighted by atomic mass is 10.0. The van der Waals surface area contributed by atoms with Crippen LogP contribution in [0, 0.1) is 0 Å². The molecule has 18 heavy (non-hydrogen) atoms. The third-order valence-corrected chi connectivity index (χ3v) is 2.66. The first-order valence-electron chi connectivity index (χ1n) is 5.90. The molecule has 0 aromatic heterocycles. The number of aliphatic hydroxyl groups is 1. The van der Waals surface area contributed by atoms with E-state index in [-0.39, 0.29) is 13.0 Å². The maximum Gasteiger partial charge on any atom is 0.307 e. The Morgan fingerprint density at radius 2 is 2.00 bits per heavy atom. The van der Waals surface area contributed by atoms with Gasteiger partial charge in [-0.25, -0.2) is 0 Å². The Morgan fingerprint density at radius 1 is 1.33 bits per heavy atom. The minimum atomic E-state index is -0.833. The van der Waals surface area contributed by atoms with Crippen LogP contribution in [-0.2, 0) is 17.8 Å². The second-order valence-electron chi connectivity index (χ2n) is 4.09. The van der Waals surface area contributed by atoms with E-state index < -0.39 is 5.97 Å². The van der Waals surface area contributed by atoms with E-state index in [0.29, 0.717) is 19.6 Å². The maximum absolute atomic E-state index is 10.8. The fourth-order valence-corrected chi connectivity index (χ4v) is 1.85. The zero-order chi connectivity index (χ0) is 13.4. The maximum atomic E-state index is 10.8. The van der Waals surface area contributed by atoms with Gasteiger partial charge in [0, 0.05) is 19.6 Å². The molecule has 0 fully saturated rings. The minimum absolute atomic E-state index is 0.0250. The Labute approximate surface area is 107 Å². The van der Waals surface area contributed by atoms with E-state index in [1.807, 2.05) is 29.2 Å². The van der Waals surface area contributed by atoms with E-state index >= 15 is 0 Å². The van der Waals surface area contributed by atoms with Gasteiger partial charge in [-0.1, -0.05) is 30.3 Å². The van der Waals surface area contributed by atoms with Crippen LogP contribution in [0.25, 0.3) is 0 Å². The minimum Gasteiger partial charge on any atom is -0.481 e. The summed E-state index contributed by atoms with van der Waals surface area (Å²) < 4.78 is 0. The van der Waals surface area contributed by atoms with Gasteiger partial charge in [-0.05, 0) is 11.1 Å². The number of carboxylic acids is 1. The SMILES string of the molecule is C=CCN(CCO)Cc1ccccc1CC(=O)O. The van der Waals surface area contributed by atoms with Crippen LogP contribution >= 0.6 is 0 Å². The molecule has 0 aliphatic carbocycles. The number of hydrogen-bond donors (Lipinski definition) is 2. The number of carbonyl (C=O) groups is 1. The number of nitrogens with zero attached hydrogens (tertiary/aromatic N) is 1. The second kappa shape index (κ2) is 7.63. The number of carboxylic acid groups (broad SMARTS) is 1. The average molecular weight is 249 g/mol. The van der Waals surface area contributed by atoms with Gasteiger partial charge in [-0.2, -0.15) is 0 Å². The van der Waals surface area contributed by atoms with Crippen molar-refractivity contribution >= 4 is 5.97 Å². The molecule has 0 aliphatic heterocycles. The predicted molar refractivity (Wildman–Crippen MR) is 70.3 cm³/mol. The van der Waals surface area contributed by atoms with E-state index in [2.05, 4.69) is 6.58 Å². The fraction of sp³-hybridized carbons (Fsp3) is 0.357. The molecular formula is C14H19NO3. The standard InChI is InChI=1S/C14H19NO3/c1-2-7-15(8-9-16)11-13-6-4-3-5-12(13)10-14(17)18/h2-6,16H,1,7-11H2,(H,17,18). The molecular weight excluding hydrogens is 230 g/mol. The molecule has 0 aliphatic rings. The Hall–Kier alpha value is -1.65. The molecule has 1 rings (SSSR count). The molecule has 0 amide bonds. The highest BCUT2D eigenvalue weighted by Gasteiger charge is 2.09. The van der Waals surface area contributed by atoms with E-state index in [4.69, 9.17) is 10.2 Å². The Bertz CT molecular complexity index is 404. The first-order chi connectivity index (χ1) is 8.67. The summed E-state index contributed by atoms with van der Waals surface area (Å²) in [5, 5.41) is 17.8. The van der Waals surface area contributed by atoms with Crippen LogP contribution in [0.3, 0.4) is 0 Å². The summed E-state index contributed by atoms with van der Waals surface area (Å²) in [6, 6.07) is 7.48. The van der Waals surface area contributed by atoms with Gasteiger partial charge in [0.1, 0.15) is 0 Å². The van der Waals surface area contributed by atoms with Gasteiger partial charge < -0.3 is 10.2 Å². The molecule has 0 atom stereocenters. The number of rotatable bonds is 8. The number of aliphatic carboxylic acids is 1. The second-order valence-corrected chi connectivity index (χ2v) is 4.09. The highest BCUT2D eigenvalue weighted by molar-refractivity contribution is 5.70. The molecule has 0 bridgehead atoms. The summed E-state index contributed by atoms with van der Waals surface area (Å²) in [5.74, 6) is -0.833. The van der Waals surface area contributed by atoms with Crippen molar-refractivity contribution in [2.75, 3.05) is 19.7 Å². The molecule has 4 nitrogen and oxygen atoms in total. The van der Waals surface area contributed by atoms with Gasteiger partial charge >= 0.3 is 5.97 Å². The normalized spacial score (nSPS) is 10.6. The molecule has 4 heteroatoms. The molecule has 2 N–H and O–H groups in total. The highest BCUT2D eigenvalue weighted by Crippen LogP contribution is 2.12. The lowest BCUT2D eigenvalue weighted by Gasteiger charge is -2.20. The zero-order valence-electron chi connectivity index (χ0n) is 10.4. The first-order valence-corrected chi connectivity index (χ1v) is 5.90. The first kappa shape index (κ1) is 14.4. The number of hydrogen-bond acceptors (Lipinski definition) is 3. The molecule has 0 unspecified atom stereocenters. The molecule has 0 saturated heterocycles. The summed E-state index contributed by atoms with van der Waals surface area (Å²) in [4.78, 5) is 12.8. The van der Waals surface area contributed by atoms with Crippen molar-refractivity contribution in [3.05, 3.63) is 48.0 Å². The Balaban J connectivity index is 2.80. The van der Waals surface area contributed by atoms with Crippen LogP contribution in [0.15, 0.2) is 36.9 Å². The van der Waals surface area contributed by atoms with E-state index in [1.54, 1.807) is 6.08 Å². The highest BCUT2D eigenvalue weighted by atomic mass is 16.4. The summed E-state index contributed by atoms with van der Waals surface area (Å²) in [7, 11) is 0. The van der Waals surface area contributed by atoms with Gasteiger partial charge in [-0.3, -0.25) is 9.69 Å². The summed E-state index contributed by atoms with van der Waals surface area (Å²) in [6.45, 7) is 5.59. The molecule has 0 heterocycles. The van der Waals surface area contributed by atoms with Crippen molar-refractivity contribution in [3.8, 4) is 0 Å². The third-order valence-electron chi connectivity index (χ3n) is 2.66. The van der Waals surface area contributed by atoms with Crippen molar-refractivity contribution in [2.24, 2.45) is 0 Å². The lowest BCUT2D eigenvalue weighted by molar-refractivity contribution is -0.136. The summed E-state index contributed by atoms with van der Waals surface area (Å²) in [5.41, 5.74) is 1.80. The van der Waals surface area contributed by atoms with Crippen LogP contribution in [0.5, 0.6) is 0 Å². The summed E-state index contributed by atoms with van der Waals surface area (Å²) in [6.07, 6.45) is 1.80. The van der Waals surface area contributed by atoms with Crippen molar-refractivity contribution in [1.82, 2.24) is 4.90 Å². The Morgan fingerprint density at radius 3 is 2.56 bits per heavy atom. The molecule has 0 saturated carbocycles. The van der Waals surface area contributed by atoms with Crippen LogP contribution in [0.1, 0.15) is 11.1 Å². The molecule has 0 radical (unpaired) electrons. The average Bonchev–Trinajstić information content (AvgIpc) is 2.31. The quantitative estimate of drug-likeness (QED) is 0.682. The monoisotopic (exact) mass is 249 g/mol. The van der Waals surface area contributed by atoms with Crippen LogP contribution < -0.4 is 0 Å². The van der Waals surface area contributed by atoms with Crippen LogP contribution in [-0.4, -0.2) is 40.8 Å². The van der Waals surface area contributed by atoms with Gasteiger partial charge in [0.2, 0.25) is 0 Å². The van der Waals surface area contributed by atoms with Gasteiger partial charge in [0.25, 0.3) is 0 Å². The topological polar surface area (TPSA) is 60.8 Å². The Kier molecular flexibility index (Phi) is 6.11. The molecule has 98 valence electrons. The summed E-state index contributed by atoms with van der Waals surface area (Å²) >= 11 is 0. The number of aliphatic hydroxyl groups excluding tert-OH is 1. The fourth-order valence-electron chi connectivity index (χ4n) is 1.85. The zero-order valence-corrected chi connectivity index (χ0v) is 10.4. The van der Waals surface area contributed by atoms with Gasteiger partial charge in [0.05, 0.1) is 13.0 Å². The van der Waals surface area contributed by atoms with Gasteiger partial charge in [-0.15, -0.1) is 6.58 Å². The molecule has 0 spiro atoms. The molecule has 1 aromatic rings. The largest absolute Gasteiger partial charge is 0.481 e. The van der Waals surface area contributed by atoms with Gasteiger partial charge in [0.15, 0.2) is 0 Å². The smallest absolute Gasteiger partial charge is 0.307 e. The van der Waals surface area contributed by atoms with Crippen molar-refractivity contribution < 1.29 is 15.0 Å². The predicted octanol–water partition coefficient (Wildman–Crippen LogP) is 1.29. The third kappa shape index (κ3) is 4.69. The molecule has 1 aromatic carbocycles. The van der Waals surface area contributed by atoms with E-state index in [1.165, 1.54) is 0 Å².